The summed E-state index contributed by atoms with van der Waals surface area (Å²) in [5.41, 5.74) is 6.76. The Kier molecular flexibility index (Phi) is 6.28. The van der Waals surface area contributed by atoms with Crippen LogP contribution in [0.1, 0.15) is 12.5 Å². The highest BCUT2D eigenvalue weighted by atomic mass is 32.2. The zero-order valence-corrected chi connectivity index (χ0v) is 10.1. The van der Waals surface area contributed by atoms with Crippen molar-refractivity contribution < 1.29 is 4.74 Å². The van der Waals surface area contributed by atoms with E-state index in [-0.39, 0.29) is 0 Å². The molecule has 1 rings (SSSR count). The lowest BCUT2D eigenvalue weighted by Crippen LogP contribution is -2.07. The molecule has 84 valence electrons. The van der Waals surface area contributed by atoms with Crippen LogP contribution in [0.3, 0.4) is 0 Å². The van der Waals surface area contributed by atoms with Gasteiger partial charge in [-0.3, -0.25) is 0 Å². The standard InChI is InChI=1S/C12H19NOS/c1-2-15-10-9-14-12-6-4-3-5-11(12)7-8-13/h3-6H,2,7-10,13H2,1H3. The van der Waals surface area contributed by atoms with Gasteiger partial charge in [-0.05, 0) is 30.3 Å². The van der Waals surface area contributed by atoms with Crippen LogP contribution in [-0.2, 0) is 6.42 Å². The fourth-order valence-electron chi connectivity index (χ4n) is 1.36. The van der Waals surface area contributed by atoms with Crippen LogP contribution < -0.4 is 10.5 Å². The summed E-state index contributed by atoms with van der Waals surface area (Å²) in [6.45, 7) is 3.61. The molecule has 0 atom stereocenters. The van der Waals surface area contributed by atoms with Crippen molar-refractivity contribution in [2.45, 2.75) is 13.3 Å². The molecule has 0 unspecified atom stereocenters. The molecule has 0 heterocycles. The van der Waals surface area contributed by atoms with Crippen molar-refractivity contribution in [3.05, 3.63) is 29.8 Å². The van der Waals surface area contributed by atoms with Gasteiger partial charge in [-0.2, -0.15) is 11.8 Å². The summed E-state index contributed by atoms with van der Waals surface area (Å²) in [6, 6.07) is 8.12. The predicted octanol–water partition coefficient (Wildman–Crippen LogP) is 2.32. The van der Waals surface area contributed by atoms with E-state index in [9.17, 15) is 0 Å². The summed E-state index contributed by atoms with van der Waals surface area (Å²) < 4.78 is 5.72. The minimum absolute atomic E-state index is 0.671. The molecule has 0 aromatic heterocycles. The van der Waals surface area contributed by atoms with E-state index in [1.54, 1.807) is 0 Å². The molecule has 0 bridgehead atoms. The van der Waals surface area contributed by atoms with Crippen molar-refractivity contribution in [3.63, 3.8) is 0 Å². The average Bonchev–Trinajstić information content (AvgIpc) is 2.27. The third kappa shape index (κ3) is 4.58. The number of benzene rings is 1. The lowest BCUT2D eigenvalue weighted by molar-refractivity contribution is 0.340. The van der Waals surface area contributed by atoms with Crippen molar-refractivity contribution in [3.8, 4) is 5.75 Å². The Balaban J connectivity index is 2.44. The van der Waals surface area contributed by atoms with Crippen molar-refractivity contribution in [2.24, 2.45) is 5.73 Å². The summed E-state index contributed by atoms with van der Waals surface area (Å²) in [5.74, 6) is 3.18. The number of para-hydroxylation sites is 1. The Morgan fingerprint density at radius 2 is 2.13 bits per heavy atom. The van der Waals surface area contributed by atoms with Gasteiger partial charge >= 0.3 is 0 Å². The first kappa shape index (κ1) is 12.4. The Morgan fingerprint density at radius 3 is 2.87 bits per heavy atom. The maximum atomic E-state index is 5.72. The van der Waals surface area contributed by atoms with Crippen LogP contribution >= 0.6 is 11.8 Å². The molecule has 1 aromatic rings. The lowest BCUT2D eigenvalue weighted by atomic mass is 10.1. The molecule has 0 saturated heterocycles. The third-order valence-electron chi connectivity index (χ3n) is 2.08. The second-order valence-electron chi connectivity index (χ2n) is 3.19. The van der Waals surface area contributed by atoms with E-state index in [4.69, 9.17) is 10.5 Å². The van der Waals surface area contributed by atoms with Gasteiger partial charge < -0.3 is 10.5 Å². The van der Waals surface area contributed by atoms with Crippen LogP contribution in [0.2, 0.25) is 0 Å². The molecular formula is C12H19NOS. The molecule has 0 fully saturated rings. The molecule has 2 N–H and O–H groups in total. The van der Waals surface area contributed by atoms with E-state index in [1.165, 1.54) is 5.56 Å². The molecular weight excluding hydrogens is 206 g/mol. The van der Waals surface area contributed by atoms with Crippen LogP contribution in [0.5, 0.6) is 5.75 Å². The molecule has 15 heavy (non-hydrogen) atoms. The first-order valence-corrected chi connectivity index (χ1v) is 6.52. The number of nitrogens with two attached hydrogens (primary N) is 1. The van der Waals surface area contributed by atoms with Crippen molar-refractivity contribution in [2.75, 3.05) is 24.7 Å². The molecule has 0 radical (unpaired) electrons. The number of thioether (sulfide) groups is 1. The summed E-state index contributed by atoms with van der Waals surface area (Å²) in [5, 5.41) is 0. The number of hydrogen-bond donors (Lipinski definition) is 1. The minimum atomic E-state index is 0.671. The minimum Gasteiger partial charge on any atom is -0.492 e. The van der Waals surface area contributed by atoms with Crippen molar-refractivity contribution in [1.29, 1.82) is 0 Å². The Bertz CT molecular complexity index is 278. The summed E-state index contributed by atoms with van der Waals surface area (Å²) >= 11 is 1.90. The number of rotatable bonds is 7. The van der Waals surface area contributed by atoms with Gasteiger partial charge in [-0.25, -0.2) is 0 Å². The van der Waals surface area contributed by atoms with Crippen LogP contribution in [0.15, 0.2) is 24.3 Å². The highest BCUT2D eigenvalue weighted by molar-refractivity contribution is 7.99. The Hall–Kier alpha value is -0.670. The molecule has 0 aliphatic heterocycles. The van der Waals surface area contributed by atoms with Gasteiger partial charge in [0, 0.05) is 5.75 Å². The van der Waals surface area contributed by atoms with Gasteiger partial charge in [-0.15, -0.1) is 0 Å². The second kappa shape index (κ2) is 7.60. The lowest BCUT2D eigenvalue weighted by Gasteiger charge is -2.10. The fourth-order valence-corrected chi connectivity index (χ4v) is 1.85. The highest BCUT2D eigenvalue weighted by Crippen LogP contribution is 2.18. The topological polar surface area (TPSA) is 35.2 Å². The van der Waals surface area contributed by atoms with E-state index < -0.39 is 0 Å². The van der Waals surface area contributed by atoms with Gasteiger partial charge in [0.2, 0.25) is 0 Å². The SMILES string of the molecule is CCSCCOc1ccccc1CCN. The monoisotopic (exact) mass is 225 g/mol. The third-order valence-corrected chi connectivity index (χ3v) is 2.94. The molecule has 0 amide bonds. The van der Waals surface area contributed by atoms with E-state index >= 15 is 0 Å². The van der Waals surface area contributed by atoms with Crippen LogP contribution in [0.25, 0.3) is 0 Å². The zero-order valence-electron chi connectivity index (χ0n) is 9.24. The smallest absolute Gasteiger partial charge is 0.122 e. The van der Waals surface area contributed by atoms with E-state index in [1.807, 2.05) is 30.0 Å². The highest BCUT2D eigenvalue weighted by Gasteiger charge is 2.01. The normalized spacial score (nSPS) is 10.3. The molecule has 0 saturated carbocycles. The largest absolute Gasteiger partial charge is 0.492 e. The summed E-state index contributed by atoms with van der Waals surface area (Å²) in [6.07, 6.45) is 0.886. The Labute approximate surface area is 96.2 Å². The quantitative estimate of drug-likeness (QED) is 0.723. The maximum absolute atomic E-state index is 5.72. The predicted molar refractivity (Wildman–Crippen MR) is 67.7 cm³/mol. The van der Waals surface area contributed by atoms with E-state index in [0.29, 0.717) is 6.54 Å². The van der Waals surface area contributed by atoms with Gasteiger partial charge in [0.1, 0.15) is 5.75 Å². The Morgan fingerprint density at radius 1 is 1.33 bits per heavy atom. The van der Waals surface area contributed by atoms with Gasteiger partial charge in [0.05, 0.1) is 6.61 Å². The zero-order chi connectivity index (χ0) is 10.9. The van der Waals surface area contributed by atoms with E-state index in [0.717, 1.165) is 30.3 Å². The molecule has 0 aliphatic rings. The number of ether oxygens (including phenoxy) is 1. The fraction of sp³-hybridized carbons (Fsp3) is 0.500. The van der Waals surface area contributed by atoms with Crippen molar-refractivity contribution >= 4 is 11.8 Å². The van der Waals surface area contributed by atoms with Crippen LogP contribution in [-0.4, -0.2) is 24.7 Å². The maximum Gasteiger partial charge on any atom is 0.122 e. The first-order chi connectivity index (χ1) is 7.38. The molecule has 0 spiro atoms. The van der Waals surface area contributed by atoms with Crippen LogP contribution in [0, 0.1) is 0 Å². The van der Waals surface area contributed by atoms with E-state index in [2.05, 4.69) is 13.0 Å². The molecule has 0 aliphatic carbocycles. The molecule has 1 aromatic carbocycles. The van der Waals surface area contributed by atoms with Gasteiger partial charge in [0.25, 0.3) is 0 Å². The van der Waals surface area contributed by atoms with Crippen molar-refractivity contribution in [1.82, 2.24) is 0 Å². The molecule has 3 heteroatoms. The summed E-state index contributed by atoms with van der Waals surface area (Å²) in [4.78, 5) is 0. The van der Waals surface area contributed by atoms with Crippen LogP contribution in [0.4, 0.5) is 0 Å². The summed E-state index contributed by atoms with van der Waals surface area (Å²) in [7, 11) is 0. The average molecular weight is 225 g/mol. The number of hydrogen-bond acceptors (Lipinski definition) is 3. The first-order valence-electron chi connectivity index (χ1n) is 5.37. The second-order valence-corrected chi connectivity index (χ2v) is 4.59. The molecule has 2 nitrogen and oxygen atoms in total. The van der Waals surface area contributed by atoms with Gasteiger partial charge in [0.15, 0.2) is 0 Å². The van der Waals surface area contributed by atoms with Gasteiger partial charge in [-0.1, -0.05) is 25.1 Å².